The molecule has 0 aromatic carbocycles. The maximum atomic E-state index is 11.1. The summed E-state index contributed by atoms with van der Waals surface area (Å²) in [5, 5.41) is 0. The van der Waals surface area contributed by atoms with Crippen LogP contribution in [0.1, 0.15) is 39.5 Å². The Morgan fingerprint density at radius 1 is 1.42 bits per heavy atom. The molecule has 0 radical (unpaired) electrons. The molecule has 72 valence electrons. The summed E-state index contributed by atoms with van der Waals surface area (Å²) < 4.78 is 4.89. The number of esters is 1. The molecule has 3 nitrogen and oxygen atoms in total. The van der Waals surface area contributed by atoms with E-state index in [1.165, 1.54) is 0 Å². The molecule has 2 N–H and O–H groups in total. The van der Waals surface area contributed by atoms with Crippen molar-refractivity contribution in [3.63, 3.8) is 0 Å². The number of carbonyl (C=O) groups excluding carboxylic acids is 1. The van der Waals surface area contributed by atoms with Gasteiger partial charge in [-0.05, 0) is 12.8 Å². The number of unbranched alkanes of at least 4 members (excludes halogenated alkanes) is 1. The van der Waals surface area contributed by atoms with Gasteiger partial charge in [-0.1, -0.05) is 26.7 Å². The molecule has 0 saturated carbocycles. The van der Waals surface area contributed by atoms with E-state index in [0.29, 0.717) is 6.61 Å². The maximum Gasteiger partial charge on any atom is 0.322 e. The van der Waals surface area contributed by atoms with E-state index in [-0.39, 0.29) is 5.97 Å². The van der Waals surface area contributed by atoms with Crippen LogP contribution in [0, 0.1) is 0 Å². The molecule has 0 aromatic rings. The molecule has 0 saturated heterocycles. The van der Waals surface area contributed by atoms with E-state index in [2.05, 4.69) is 6.92 Å². The maximum absolute atomic E-state index is 11.1. The molecule has 0 aromatic heterocycles. The molecule has 0 amide bonds. The van der Waals surface area contributed by atoms with Gasteiger partial charge in [-0.15, -0.1) is 0 Å². The van der Waals surface area contributed by atoms with Crippen LogP contribution in [0.25, 0.3) is 0 Å². The second-order valence-corrected chi connectivity index (χ2v) is 2.92. The third-order valence-electron chi connectivity index (χ3n) is 1.62. The highest BCUT2D eigenvalue weighted by atomic mass is 16.5. The summed E-state index contributed by atoms with van der Waals surface area (Å²) in [4.78, 5) is 11.1. The Hall–Kier alpha value is -0.570. The average molecular weight is 173 g/mol. The van der Waals surface area contributed by atoms with Crippen LogP contribution >= 0.6 is 0 Å². The highest BCUT2D eigenvalue weighted by Gasteiger charge is 2.12. The number of rotatable bonds is 6. The van der Waals surface area contributed by atoms with Crippen LogP contribution in [0.5, 0.6) is 0 Å². The molecule has 0 fully saturated rings. The lowest BCUT2D eigenvalue weighted by Crippen LogP contribution is -2.32. The molecular weight excluding hydrogens is 154 g/mol. The van der Waals surface area contributed by atoms with Gasteiger partial charge < -0.3 is 10.5 Å². The fourth-order valence-corrected chi connectivity index (χ4v) is 0.852. The zero-order valence-electron chi connectivity index (χ0n) is 8.01. The van der Waals surface area contributed by atoms with Crippen molar-refractivity contribution in [2.24, 2.45) is 5.73 Å². The summed E-state index contributed by atoms with van der Waals surface area (Å²) in [5.41, 5.74) is 5.57. The summed E-state index contributed by atoms with van der Waals surface area (Å²) in [6.07, 6.45) is 3.64. The lowest BCUT2D eigenvalue weighted by atomic mass is 10.1. The van der Waals surface area contributed by atoms with E-state index < -0.39 is 6.04 Å². The minimum Gasteiger partial charge on any atom is -0.465 e. The van der Waals surface area contributed by atoms with Crippen LogP contribution in [0.15, 0.2) is 0 Å². The molecule has 0 spiro atoms. The van der Waals surface area contributed by atoms with Crippen LogP contribution in [0.2, 0.25) is 0 Å². The Bertz CT molecular complexity index is 126. The highest BCUT2D eigenvalue weighted by Crippen LogP contribution is 2.00. The van der Waals surface area contributed by atoms with E-state index in [1.54, 1.807) is 0 Å². The van der Waals surface area contributed by atoms with E-state index in [9.17, 15) is 4.79 Å². The summed E-state index contributed by atoms with van der Waals surface area (Å²) in [7, 11) is 0. The molecule has 1 atom stereocenters. The number of hydrogen-bond acceptors (Lipinski definition) is 3. The molecule has 0 aliphatic carbocycles. The van der Waals surface area contributed by atoms with Gasteiger partial charge in [0.15, 0.2) is 0 Å². The Morgan fingerprint density at radius 2 is 2.08 bits per heavy atom. The van der Waals surface area contributed by atoms with Crippen LogP contribution in [0.4, 0.5) is 0 Å². The van der Waals surface area contributed by atoms with Crippen molar-refractivity contribution in [1.29, 1.82) is 0 Å². The van der Waals surface area contributed by atoms with Crippen LogP contribution in [-0.4, -0.2) is 18.6 Å². The number of nitrogens with two attached hydrogens (primary N) is 1. The first-order valence-electron chi connectivity index (χ1n) is 4.64. The van der Waals surface area contributed by atoms with E-state index in [0.717, 1.165) is 25.7 Å². The van der Waals surface area contributed by atoms with Crippen molar-refractivity contribution in [2.75, 3.05) is 6.61 Å². The third kappa shape index (κ3) is 5.13. The van der Waals surface area contributed by atoms with Crippen molar-refractivity contribution in [3.8, 4) is 0 Å². The second-order valence-electron chi connectivity index (χ2n) is 2.92. The highest BCUT2D eigenvalue weighted by molar-refractivity contribution is 5.75. The fraction of sp³-hybridized carbons (Fsp3) is 0.889. The minimum atomic E-state index is -0.420. The summed E-state index contributed by atoms with van der Waals surface area (Å²) in [6, 6.07) is -0.420. The molecule has 0 rings (SSSR count). The van der Waals surface area contributed by atoms with Crippen molar-refractivity contribution in [1.82, 2.24) is 0 Å². The number of carbonyl (C=O) groups is 1. The predicted octanol–water partition coefficient (Wildman–Crippen LogP) is 1.46. The predicted molar refractivity (Wildman–Crippen MR) is 48.8 cm³/mol. The normalized spacial score (nSPS) is 12.6. The first kappa shape index (κ1) is 11.4. The zero-order chi connectivity index (χ0) is 9.40. The SMILES string of the molecule is CCCCC(N)C(=O)OCCC. The monoisotopic (exact) mass is 173 g/mol. The van der Waals surface area contributed by atoms with Crippen LogP contribution in [-0.2, 0) is 9.53 Å². The lowest BCUT2D eigenvalue weighted by Gasteiger charge is -2.09. The van der Waals surface area contributed by atoms with Gasteiger partial charge in [0.25, 0.3) is 0 Å². The lowest BCUT2D eigenvalue weighted by molar-refractivity contribution is -0.145. The van der Waals surface area contributed by atoms with Gasteiger partial charge in [0.2, 0.25) is 0 Å². The van der Waals surface area contributed by atoms with Gasteiger partial charge in [-0.2, -0.15) is 0 Å². The minimum absolute atomic E-state index is 0.259. The summed E-state index contributed by atoms with van der Waals surface area (Å²) >= 11 is 0. The smallest absolute Gasteiger partial charge is 0.322 e. The van der Waals surface area contributed by atoms with Crippen molar-refractivity contribution in [3.05, 3.63) is 0 Å². The standard InChI is InChI=1S/C9H19NO2/c1-3-5-6-8(10)9(11)12-7-4-2/h8H,3-7,10H2,1-2H3. The van der Waals surface area contributed by atoms with Gasteiger partial charge >= 0.3 is 5.97 Å². The average Bonchev–Trinajstić information content (AvgIpc) is 2.10. The van der Waals surface area contributed by atoms with Crippen LogP contribution < -0.4 is 5.73 Å². The fourth-order valence-electron chi connectivity index (χ4n) is 0.852. The van der Waals surface area contributed by atoms with Crippen LogP contribution in [0.3, 0.4) is 0 Å². The largest absolute Gasteiger partial charge is 0.465 e. The molecule has 1 unspecified atom stereocenters. The van der Waals surface area contributed by atoms with Crippen molar-refractivity contribution in [2.45, 2.75) is 45.6 Å². The van der Waals surface area contributed by atoms with Crippen molar-refractivity contribution >= 4 is 5.97 Å². The molecule has 0 aliphatic heterocycles. The number of hydrogen-bond donors (Lipinski definition) is 1. The molecule has 0 heterocycles. The van der Waals surface area contributed by atoms with E-state index in [1.807, 2.05) is 6.92 Å². The summed E-state index contributed by atoms with van der Waals surface area (Å²) in [5.74, 6) is -0.259. The van der Waals surface area contributed by atoms with E-state index >= 15 is 0 Å². The zero-order valence-corrected chi connectivity index (χ0v) is 8.01. The molecule has 0 aliphatic rings. The van der Waals surface area contributed by atoms with Gasteiger partial charge in [-0.3, -0.25) is 4.79 Å². The molecule has 0 bridgehead atoms. The Kier molecular flexibility index (Phi) is 6.76. The first-order chi connectivity index (χ1) is 5.72. The van der Waals surface area contributed by atoms with Gasteiger partial charge in [0.1, 0.15) is 6.04 Å². The Balaban J connectivity index is 3.47. The van der Waals surface area contributed by atoms with Gasteiger partial charge in [0.05, 0.1) is 6.61 Å². The molecular formula is C9H19NO2. The third-order valence-corrected chi connectivity index (χ3v) is 1.62. The Labute approximate surface area is 74.3 Å². The topological polar surface area (TPSA) is 52.3 Å². The van der Waals surface area contributed by atoms with Gasteiger partial charge in [0, 0.05) is 0 Å². The molecule has 12 heavy (non-hydrogen) atoms. The number of ether oxygens (including phenoxy) is 1. The summed E-state index contributed by atoms with van der Waals surface area (Å²) in [6.45, 7) is 4.52. The van der Waals surface area contributed by atoms with Crippen molar-refractivity contribution < 1.29 is 9.53 Å². The van der Waals surface area contributed by atoms with Gasteiger partial charge in [-0.25, -0.2) is 0 Å². The second kappa shape index (κ2) is 7.10. The Morgan fingerprint density at radius 3 is 2.58 bits per heavy atom. The quantitative estimate of drug-likeness (QED) is 0.619. The van der Waals surface area contributed by atoms with E-state index in [4.69, 9.17) is 10.5 Å². The molecule has 3 heteroatoms. The first-order valence-corrected chi connectivity index (χ1v) is 4.64.